The van der Waals surface area contributed by atoms with Crippen molar-refractivity contribution >= 4 is 27.8 Å². The van der Waals surface area contributed by atoms with Gasteiger partial charge in [-0.25, -0.2) is 0 Å². The van der Waals surface area contributed by atoms with Gasteiger partial charge in [0.2, 0.25) is 0 Å². The minimum Gasteiger partial charge on any atom is -0.493 e. The number of alkyl halides is 3. The van der Waals surface area contributed by atoms with Crippen LogP contribution in [0.5, 0.6) is 11.5 Å². The SMILES string of the molecule is COc1cc(Br)cc(C=NNc2ccc(C(F)(F)F)cc2)c1OC. The van der Waals surface area contributed by atoms with E-state index in [1.54, 1.807) is 12.1 Å². The van der Waals surface area contributed by atoms with Crippen LogP contribution >= 0.6 is 15.9 Å². The van der Waals surface area contributed by atoms with Crippen LogP contribution in [0.1, 0.15) is 11.1 Å². The molecule has 4 nitrogen and oxygen atoms in total. The van der Waals surface area contributed by atoms with Gasteiger partial charge in [-0.1, -0.05) is 15.9 Å². The van der Waals surface area contributed by atoms with E-state index in [4.69, 9.17) is 9.47 Å². The molecule has 0 atom stereocenters. The maximum atomic E-state index is 12.5. The lowest BCUT2D eigenvalue weighted by Gasteiger charge is -2.11. The van der Waals surface area contributed by atoms with Gasteiger partial charge in [-0.3, -0.25) is 5.43 Å². The molecule has 0 bridgehead atoms. The first-order valence-electron chi connectivity index (χ1n) is 6.73. The zero-order valence-corrected chi connectivity index (χ0v) is 14.4. The van der Waals surface area contributed by atoms with Crippen LogP contribution in [0, 0.1) is 0 Å². The van der Waals surface area contributed by atoms with E-state index in [-0.39, 0.29) is 0 Å². The summed E-state index contributed by atoms with van der Waals surface area (Å²) in [6, 6.07) is 8.11. The molecule has 0 saturated heterocycles. The number of hydrogen-bond donors (Lipinski definition) is 1. The first-order valence-corrected chi connectivity index (χ1v) is 7.52. The number of halogens is 4. The molecule has 2 aromatic rings. The summed E-state index contributed by atoms with van der Waals surface area (Å²) in [5.74, 6) is 1.03. The van der Waals surface area contributed by atoms with Crippen LogP contribution in [0.2, 0.25) is 0 Å². The molecule has 0 aliphatic heterocycles. The molecule has 2 aromatic carbocycles. The summed E-state index contributed by atoms with van der Waals surface area (Å²) in [5, 5.41) is 4.02. The number of ether oxygens (including phenoxy) is 2. The second kappa shape index (κ2) is 7.57. The molecule has 0 aromatic heterocycles. The third-order valence-corrected chi connectivity index (χ3v) is 3.54. The molecule has 0 radical (unpaired) electrons. The standard InChI is InChI=1S/C16H14BrF3N2O2/c1-23-14-8-12(17)7-10(15(14)24-2)9-21-22-13-5-3-11(4-6-13)16(18,19)20/h3-9,22H,1-2H3. The fourth-order valence-electron chi connectivity index (χ4n) is 1.96. The van der Waals surface area contributed by atoms with Crippen LogP contribution in [-0.2, 0) is 6.18 Å². The van der Waals surface area contributed by atoms with Crippen molar-refractivity contribution < 1.29 is 22.6 Å². The van der Waals surface area contributed by atoms with Crippen molar-refractivity contribution in [3.63, 3.8) is 0 Å². The Balaban J connectivity index is 2.16. The Labute approximate surface area is 145 Å². The van der Waals surface area contributed by atoms with Gasteiger partial charge in [-0.2, -0.15) is 18.3 Å². The Morgan fingerprint density at radius 2 is 1.75 bits per heavy atom. The molecule has 0 heterocycles. The van der Waals surface area contributed by atoms with Gasteiger partial charge >= 0.3 is 6.18 Å². The van der Waals surface area contributed by atoms with Crippen molar-refractivity contribution in [1.29, 1.82) is 0 Å². The molecular weight excluding hydrogens is 389 g/mol. The monoisotopic (exact) mass is 402 g/mol. The van der Waals surface area contributed by atoms with Crippen molar-refractivity contribution in [1.82, 2.24) is 0 Å². The van der Waals surface area contributed by atoms with E-state index in [1.807, 2.05) is 0 Å². The minimum absolute atomic E-state index is 0.431. The van der Waals surface area contributed by atoms with E-state index >= 15 is 0 Å². The molecule has 1 N–H and O–H groups in total. The van der Waals surface area contributed by atoms with Gasteiger partial charge < -0.3 is 9.47 Å². The second-order valence-corrected chi connectivity index (χ2v) is 5.59. The number of anilines is 1. The third kappa shape index (κ3) is 4.41. The van der Waals surface area contributed by atoms with Gasteiger partial charge in [0.05, 0.1) is 31.7 Å². The van der Waals surface area contributed by atoms with E-state index in [1.165, 1.54) is 32.6 Å². The van der Waals surface area contributed by atoms with Crippen molar-refractivity contribution in [3.05, 3.63) is 52.0 Å². The van der Waals surface area contributed by atoms with Crippen LogP contribution in [0.4, 0.5) is 18.9 Å². The van der Waals surface area contributed by atoms with Gasteiger partial charge in [0.1, 0.15) is 0 Å². The summed E-state index contributed by atoms with van der Waals surface area (Å²) in [6.45, 7) is 0. The number of rotatable bonds is 5. The topological polar surface area (TPSA) is 42.8 Å². The fourth-order valence-corrected chi connectivity index (χ4v) is 2.42. The molecule has 0 saturated carbocycles. The third-order valence-electron chi connectivity index (χ3n) is 3.08. The average Bonchev–Trinajstić information content (AvgIpc) is 2.54. The van der Waals surface area contributed by atoms with Gasteiger partial charge in [0, 0.05) is 10.0 Å². The van der Waals surface area contributed by atoms with Crippen molar-refractivity contribution in [2.24, 2.45) is 5.10 Å². The Hall–Kier alpha value is -2.22. The first kappa shape index (κ1) is 18.1. The molecule has 0 fully saturated rings. The molecule has 8 heteroatoms. The predicted octanol–water partition coefficient (Wildman–Crippen LogP) is 4.93. The maximum absolute atomic E-state index is 12.5. The highest BCUT2D eigenvalue weighted by atomic mass is 79.9. The van der Waals surface area contributed by atoms with Crippen molar-refractivity contribution in [2.45, 2.75) is 6.18 Å². The average molecular weight is 403 g/mol. The normalized spacial score (nSPS) is 11.6. The Kier molecular flexibility index (Phi) is 5.71. The molecule has 24 heavy (non-hydrogen) atoms. The van der Waals surface area contributed by atoms with Crippen LogP contribution < -0.4 is 14.9 Å². The second-order valence-electron chi connectivity index (χ2n) is 4.68. The van der Waals surface area contributed by atoms with Crippen LogP contribution in [0.25, 0.3) is 0 Å². The Morgan fingerprint density at radius 3 is 2.29 bits per heavy atom. The van der Waals surface area contributed by atoms with E-state index in [9.17, 15) is 13.2 Å². The highest BCUT2D eigenvalue weighted by molar-refractivity contribution is 9.10. The number of benzene rings is 2. The molecule has 0 aliphatic carbocycles. The highest BCUT2D eigenvalue weighted by Crippen LogP contribution is 2.33. The van der Waals surface area contributed by atoms with Crippen LogP contribution in [0.15, 0.2) is 46.0 Å². The summed E-state index contributed by atoms with van der Waals surface area (Å²) in [5.41, 5.74) is 3.03. The highest BCUT2D eigenvalue weighted by Gasteiger charge is 2.29. The maximum Gasteiger partial charge on any atom is 0.416 e. The lowest BCUT2D eigenvalue weighted by molar-refractivity contribution is -0.137. The van der Waals surface area contributed by atoms with E-state index in [0.29, 0.717) is 22.7 Å². The fraction of sp³-hybridized carbons (Fsp3) is 0.188. The number of methoxy groups -OCH3 is 2. The number of hydrogen-bond acceptors (Lipinski definition) is 4. The van der Waals surface area contributed by atoms with Gasteiger partial charge in [-0.05, 0) is 36.4 Å². The molecule has 0 amide bonds. The molecule has 2 rings (SSSR count). The molecule has 0 aliphatic rings. The summed E-state index contributed by atoms with van der Waals surface area (Å²) >= 11 is 3.36. The predicted molar refractivity (Wildman–Crippen MR) is 89.9 cm³/mol. The number of nitrogens with zero attached hydrogens (tertiary/aromatic N) is 1. The number of hydrazone groups is 1. The van der Waals surface area contributed by atoms with E-state index < -0.39 is 11.7 Å². The summed E-state index contributed by atoms with van der Waals surface area (Å²) < 4.78 is 48.8. The lowest BCUT2D eigenvalue weighted by Crippen LogP contribution is -2.04. The van der Waals surface area contributed by atoms with Crippen LogP contribution in [-0.4, -0.2) is 20.4 Å². The molecule has 0 spiro atoms. The summed E-state index contributed by atoms with van der Waals surface area (Å²) in [4.78, 5) is 0. The molecule has 128 valence electrons. The zero-order chi connectivity index (χ0) is 17.7. The number of nitrogens with one attached hydrogen (secondary N) is 1. The Morgan fingerprint density at radius 1 is 1.08 bits per heavy atom. The zero-order valence-electron chi connectivity index (χ0n) is 12.8. The van der Waals surface area contributed by atoms with Crippen molar-refractivity contribution in [3.8, 4) is 11.5 Å². The van der Waals surface area contributed by atoms with Gasteiger partial charge in [-0.15, -0.1) is 0 Å². The van der Waals surface area contributed by atoms with Gasteiger partial charge in [0.25, 0.3) is 0 Å². The lowest BCUT2D eigenvalue weighted by atomic mass is 10.2. The quantitative estimate of drug-likeness (QED) is 0.569. The molecular formula is C16H14BrF3N2O2. The summed E-state index contributed by atoms with van der Waals surface area (Å²) in [7, 11) is 3.03. The first-order chi connectivity index (χ1) is 11.3. The largest absolute Gasteiger partial charge is 0.493 e. The van der Waals surface area contributed by atoms with E-state index in [0.717, 1.165) is 16.6 Å². The smallest absolute Gasteiger partial charge is 0.416 e. The summed E-state index contributed by atoms with van der Waals surface area (Å²) in [6.07, 6.45) is -2.87. The minimum atomic E-state index is -4.36. The van der Waals surface area contributed by atoms with Crippen LogP contribution in [0.3, 0.4) is 0 Å². The molecule has 0 unspecified atom stereocenters. The van der Waals surface area contributed by atoms with Crippen molar-refractivity contribution in [2.75, 3.05) is 19.6 Å². The van der Waals surface area contributed by atoms with Gasteiger partial charge in [0.15, 0.2) is 11.5 Å². The Bertz CT molecular complexity index is 731. The van der Waals surface area contributed by atoms with E-state index in [2.05, 4.69) is 26.5 Å².